The van der Waals surface area contributed by atoms with Crippen LogP contribution in [0.15, 0.2) is 78.9 Å². The number of benzene rings is 3. The van der Waals surface area contributed by atoms with Gasteiger partial charge in [-0.05, 0) is 61.2 Å². The summed E-state index contributed by atoms with van der Waals surface area (Å²) in [7, 11) is 0. The van der Waals surface area contributed by atoms with Gasteiger partial charge >= 0.3 is 5.97 Å². The van der Waals surface area contributed by atoms with Gasteiger partial charge in [-0.25, -0.2) is 0 Å². The molecule has 0 aliphatic carbocycles. The zero-order valence-electron chi connectivity index (χ0n) is 21.6. The van der Waals surface area contributed by atoms with Crippen LogP contribution in [0.1, 0.15) is 40.7 Å². The van der Waals surface area contributed by atoms with Crippen LogP contribution in [-0.2, 0) is 16.0 Å². The fourth-order valence-electron chi connectivity index (χ4n) is 4.92. The molecule has 39 heavy (non-hydrogen) atoms. The molecule has 0 radical (unpaired) electrons. The van der Waals surface area contributed by atoms with Crippen molar-refractivity contribution >= 4 is 35.0 Å². The number of anilines is 2. The summed E-state index contributed by atoms with van der Waals surface area (Å²) in [5, 5.41) is 23.0. The van der Waals surface area contributed by atoms with E-state index in [1.165, 1.54) is 5.56 Å². The first kappa shape index (κ1) is 27.4. The second kappa shape index (κ2) is 12.7. The number of nitrogen functional groups attached to an aromatic ring is 1. The van der Waals surface area contributed by atoms with Crippen LogP contribution in [0, 0.1) is 11.3 Å². The molecule has 1 saturated heterocycles. The Labute approximate surface area is 227 Å². The Balaban J connectivity index is 1.41. The summed E-state index contributed by atoms with van der Waals surface area (Å²) in [6.07, 6.45) is 1.72. The molecule has 0 unspecified atom stereocenters. The van der Waals surface area contributed by atoms with Crippen LogP contribution in [-0.4, -0.2) is 52.8 Å². The Morgan fingerprint density at radius 1 is 1.00 bits per heavy atom. The van der Waals surface area contributed by atoms with Crippen LogP contribution in [0.25, 0.3) is 0 Å². The molecule has 0 spiro atoms. The van der Waals surface area contributed by atoms with E-state index >= 15 is 0 Å². The van der Waals surface area contributed by atoms with Crippen molar-refractivity contribution in [2.45, 2.75) is 31.7 Å². The van der Waals surface area contributed by atoms with E-state index in [9.17, 15) is 19.5 Å². The zero-order chi connectivity index (χ0) is 27.8. The van der Waals surface area contributed by atoms with Crippen LogP contribution < -0.4 is 16.4 Å². The molecule has 3 aromatic carbocycles. The van der Waals surface area contributed by atoms with Crippen molar-refractivity contribution in [3.05, 3.63) is 95.6 Å². The lowest BCUT2D eigenvalue weighted by Crippen LogP contribution is -2.42. The molecule has 3 aromatic rings. The number of carboxylic acids is 1. The van der Waals surface area contributed by atoms with E-state index < -0.39 is 11.9 Å². The van der Waals surface area contributed by atoms with E-state index in [1.807, 2.05) is 36.4 Å². The topological polar surface area (TPSA) is 149 Å². The van der Waals surface area contributed by atoms with Gasteiger partial charge in [0.15, 0.2) is 0 Å². The average molecular weight is 528 g/mol. The van der Waals surface area contributed by atoms with Crippen molar-refractivity contribution in [2.24, 2.45) is 11.7 Å². The molecule has 202 valence electrons. The van der Waals surface area contributed by atoms with E-state index in [4.69, 9.17) is 11.1 Å². The number of rotatable bonds is 12. The summed E-state index contributed by atoms with van der Waals surface area (Å²) in [6, 6.07) is 23.8. The fourth-order valence-corrected chi connectivity index (χ4v) is 4.92. The molecular formula is C30H33N5O4. The first-order valence-electron chi connectivity index (χ1n) is 13.0. The molecule has 0 bridgehead atoms. The van der Waals surface area contributed by atoms with E-state index in [0.717, 1.165) is 18.5 Å². The number of carboxylic acid groups (broad SMARTS) is 1. The van der Waals surface area contributed by atoms with Crippen molar-refractivity contribution in [1.82, 2.24) is 10.2 Å². The minimum atomic E-state index is -1.00. The molecule has 2 amide bonds. The number of amides is 2. The second-order valence-corrected chi connectivity index (χ2v) is 9.68. The highest BCUT2D eigenvalue weighted by Gasteiger charge is 2.40. The number of nitrogens with two attached hydrogens (primary N) is 1. The summed E-state index contributed by atoms with van der Waals surface area (Å²) >= 11 is 0. The summed E-state index contributed by atoms with van der Waals surface area (Å²) in [5.41, 5.74) is 9.09. The predicted molar refractivity (Wildman–Crippen MR) is 150 cm³/mol. The van der Waals surface area contributed by atoms with E-state index in [0.29, 0.717) is 29.8 Å². The Kier molecular flexibility index (Phi) is 8.94. The molecule has 4 rings (SSSR count). The normalized spacial score (nSPS) is 16.6. The number of hydrogen-bond donors (Lipinski definition) is 5. The zero-order valence-corrected chi connectivity index (χ0v) is 21.6. The van der Waals surface area contributed by atoms with Gasteiger partial charge in [0.2, 0.25) is 5.91 Å². The lowest BCUT2D eigenvalue weighted by atomic mass is 10.0. The van der Waals surface area contributed by atoms with Gasteiger partial charge in [-0.1, -0.05) is 42.5 Å². The van der Waals surface area contributed by atoms with Crippen LogP contribution in [0.2, 0.25) is 0 Å². The number of aryl methyl sites for hydroxylation is 1. The van der Waals surface area contributed by atoms with Crippen LogP contribution in [0.3, 0.4) is 0 Å². The third-order valence-electron chi connectivity index (χ3n) is 6.90. The highest BCUT2D eigenvalue weighted by molar-refractivity contribution is 6.00. The van der Waals surface area contributed by atoms with Gasteiger partial charge < -0.3 is 26.4 Å². The van der Waals surface area contributed by atoms with Crippen LogP contribution in [0.5, 0.6) is 0 Å². The first-order valence-corrected chi connectivity index (χ1v) is 13.0. The second-order valence-electron chi connectivity index (χ2n) is 9.68. The number of para-hydroxylation sites is 1. The average Bonchev–Trinajstić information content (AvgIpc) is 3.21. The van der Waals surface area contributed by atoms with E-state index in [2.05, 4.69) is 10.6 Å². The number of hydrogen-bond acceptors (Lipinski definition) is 5. The third-order valence-corrected chi connectivity index (χ3v) is 6.90. The van der Waals surface area contributed by atoms with Gasteiger partial charge in [0, 0.05) is 30.4 Å². The van der Waals surface area contributed by atoms with E-state index in [-0.39, 0.29) is 36.7 Å². The molecule has 0 saturated carbocycles. The number of carbonyl (C=O) groups excluding carboxylic acids is 2. The summed E-state index contributed by atoms with van der Waals surface area (Å²) in [5.74, 6) is -2.07. The first-order chi connectivity index (χ1) is 18.8. The molecule has 1 aliphatic heterocycles. The molecule has 1 aliphatic rings. The lowest BCUT2D eigenvalue weighted by molar-refractivity contribution is -0.142. The highest BCUT2D eigenvalue weighted by Crippen LogP contribution is 2.28. The number of carbonyl (C=O) groups is 3. The lowest BCUT2D eigenvalue weighted by Gasteiger charge is -2.25. The standard InChI is InChI=1S/C30H33N5O4/c31-28(32)21-12-14-23(15-13-21)34-26-11-5-4-10-25(26)29(38)33-19-24-17-22(18-27(36)37)30(39)35(24)16-6-9-20-7-2-1-3-8-20/h1-5,7-8,10-15,22,24,34H,6,9,16-19H2,(H3,31,32)(H,33,38)(H,36,37)/t22-,24-/m0/s1. The highest BCUT2D eigenvalue weighted by atomic mass is 16.4. The summed E-state index contributed by atoms with van der Waals surface area (Å²) in [4.78, 5) is 39.3. The molecule has 2 atom stereocenters. The minimum absolute atomic E-state index is 0.0218. The van der Waals surface area contributed by atoms with Crippen LogP contribution in [0.4, 0.5) is 11.4 Å². The van der Waals surface area contributed by atoms with Gasteiger partial charge in [0.05, 0.1) is 23.6 Å². The number of nitrogens with one attached hydrogen (secondary N) is 3. The van der Waals surface area contributed by atoms with Crippen molar-refractivity contribution in [2.75, 3.05) is 18.4 Å². The number of nitrogens with zero attached hydrogens (tertiary/aromatic N) is 1. The van der Waals surface area contributed by atoms with E-state index in [1.54, 1.807) is 47.4 Å². The number of amidine groups is 1. The van der Waals surface area contributed by atoms with Crippen molar-refractivity contribution < 1.29 is 19.5 Å². The SMILES string of the molecule is N=C(N)c1ccc(Nc2ccccc2C(=O)NC[C@@H]2C[C@@H](CC(=O)O)C(=O)N2CCCc2ccccc2)cc1. The smallest absolute Gasteiger partial charge is 0.304 e. The fraction of sp³-hybridized carbons (Fsp3) is 0.267. The minimum Gasteiger partial charge on any atom is -0.481 e. The summed E-state index contributed by atoms with van der Waals surface area (Å²) < 4.78 is 0. The van der Waals surface area contributed by atoms with Crippen molar-refractivity contribution in [1.29, 1.82) is 5.41 Å². The quantitative estimate of drug-likeness (QED) is 0.179. The number of likely N-dealkylation sites (tertiary alicyclic amines) is 1. The predicted octanol–water partition coefficient (Wildman–Crippen LogP) is 3.77. The Morgan fingerprint density at radius 3 is 2.38 bits per heavy atom. The molecule has 9 heteroatoms. The molecular weight excluding hydrogens is 494 g/mol. The molecule has 1 fully saturated rings. The Morgan fingerprint density at radius 2 is 1.69 bits per heavy atom. The van der Waals surface area contributed by atoms with Gasteiger partial charge in [-0.2, -0.15) is 0 Å². The van der Waals surface area contributed by atoms with Gasteiger partial charge in [0.1, 0.15) is 5.84 Å². The third kappa shape index (κ3) is 7.22. The van der Waals surface area contributed by atoms with Crippen molar-refractivity contribution in [3.63, 3.8) is 0 Å². The summed E-state index contributed by atoms with van der Waals surface area (Å²) in [6.45, 7) is 0.729. The van der Waals surface area contributed by atoms with Gasteiger partial charge in [0.25, 0.3) is 5.91 Å². The Hall–Kier alpha value is -4.66. The van der Waals surface area contributed by atoms with Crippen LogP contribution >= 0.6 is 0 Å². The van der Waals surface area contributed by atoms with Gasteiger partial charge in [-0.3, -0.25) is 19.8 Å². The molecule has 9 nitrogen and oxygen atoms in total. The molecule has 1 heterocycles. The van der Waals surface area contributed by atoms with Crippen molar-refractivity contribution in [3.8, 4) is 0 Å². The monoisotopic (exact) mass is 527 g/mol. The largest absolute Gasteiger partial charge is 0.481 e. The maximum atomic E-state index is 13.2. The molecule has 6 N–H and O–H groups in total. The van der Waals surface area contributed by atoms with Gasteiger partial charge in [-0.15, -0.1) is 0 Å². The Bertz CT molecular complexity index is 1330. The molecule has 0 aromatic heterocycles. The maximum Gasteiger partial charge on any atom is 0.304 e. The maximum absolute atomic E-state index is 13.2. The number of aliphatic carboxylic acids is 1.